The summed E-state index contributed by atoms with van der Waals surface area (Å²) in [5, 5.41) is 0.223. The Balaban J connectivity index is 1.76. The molecule has 3 aromatic rings. The summed E-state index contributed by atoms with van der Waals surface area (Å²) in [5.41, 5.74) is 2.47. The molecule has 0 aliphatic rings. The van der Waals surface area contributed by atoms with Crippen LogP contribution in [0.3, 0.4) is 0 Å². The van der Waals surface area contributed by atoms with Crippen LogP contribution in [0.25, 0.3) is 0 Å². The molecule has 0 saturated carbocycles. The van der Waals surface area contributed by atoms with Gasteiger partial charge in [0.05, 0.1) is 4.90 Å². The normalized spacial score (nSPS) is 11.5. The van der Waals surface area contributed by atoms with Crippen molar-refractivity contribution in [3.05, 3.63) is 75.8 Å². The van der Waals surface area contributed by atoms with Crippen molar-refractivity contribution in [1.29, 1.82) is 0 Å². The average Bonchev–Trinajstić information content (AvgIpc) is 2.99. The molecule has 0 aliphatic heterocycles. The molecule has 0 amide bonds. The summed E-state index contributed by atoms with van der Waals surface area (Å²) in [6, 6.07) is 8.56. The summed E-state index contributed by atoms with van der Waals surface area (Å²) in [5.74, 6) is -1.82. The average molecular weight is 394 g/mol. The van der Waals surface area contributed by atoms with Crippen LogP contribution in [0, 0.1) is 25.5 Å². The van der Waals surface area contributed by atoms with E-state index in [0.717, 1.165) is 39.5 Å². The monoisotopic (exact) mass is 394 g/mol. The van der Waals surface area contributed by atoms with Crippen LogP contribution < -0.4 is 4.72 Å². The molecule has 0 bridgehead atoms. The van der Waals surface area contributed by atoms with E-state index in [-0.39, 0.29) is 10.0 Å². The van der Waals surface area contributed by atoms with Crippen LogP contribution in [0.5, 0.6) is 0 Å². The van der Waals surface area contributed by atoms with E-state index in [9.17, 15) is 17.2 Å². The summed E-state index contributed by atoms with van der Waals surface area (Å²) in [4.78, 5) is 4.96. The van der Waals surface area contributed by atoms with Crippen molar-refractivity contribution < 1.29 is 17.2 Å². The fourth-order valence-electron chi connectivity index (χ4n) is 2.34. The Morgan fingerprint density at radius 2 is 1.81 bits per heavy atom. The number of halogens is 2. The Labute approximate surface area is 154 Å². The largest absolute Gasteiger partial charge is 0.263 e. The first kappa shape index (κ1) is 18.5. The Morgan fingerprint density at radius 1 is 1.04 bits per heavy atom. The van der Waals surface area contributed by atoms with Crippen molar-refractivity contribution in [1.82, 2.24) is 4.98 Å². The number of nitrogens with zero attached hydrogens (tertiary/aromatic N) is 1. The van der Waals surface area contributed by atoms with Gasteiger partial charge in [0.1, 0.15) is 0 Å². The Hall–Kier alpha value is -2.32. The number of benzene rings is 2. The van der Waals surface area contributed by atoms with Gasteiger partial charge in [0.25, 0.3) is 10.0 Å². The number of anilines is 1. The molecular formula is C18H16F2N2O2S2. The number of thiazole rings is 1. The number of aromatic nitrogens is 1. The molecule has 0 unspecified atom stereocenters. The summed E-state index contributed by atoms with van der Waals surface area (Å²) in [6.45, 7) is 3.75. The van der Waals surface area contributed by atoms with Crippen molar-refractivity contribution in [2.75, 3.05) is 4.72 Å². The maximum Gasteiger partial charge on any atom is 0.263 e. The zero-order valence-corrected chi connectivity index (χ0v) is 15.7. The second-order valence-corrected chi connectivity index (χ2v) is 8.71. The van der Waals surface area contributed by atoms with Crippen LogP contribution in [0.15, 0.2) is 47.5 Å². The lowest BCUT2D eigenvalue weighted by Crippen LogP contribution is -2.13. The second-order valence-electron chi connectivity index (χ2n) is 5.91. The molecule has 4 nitrogen and oxygen atoms in total. The topological polar surface area (TPSA) is 59.1 Å². The van der Waals surface area contributed by atoms with E-state index >= 15 is 0 Å². The van der Waals surface area contributed by atoms with E-state index in [4.69, 9.17) is 0 Å². The van der Waals surface area contributed by atoms with E-state index in [2.05, 4.69) is 9.71 Å². The van der Waals surface area contributed by atoms with Crippen LogP contribution in [-0.4, -0.2) is 13.4 Å². The highest BCUT2D eigenvalue weighted by Crippen LogP contribution is 2.25. The van der Waals surface area contributed by atoms with Gasteiger partial charge in [0.15, 0.2) is 16.8 Å². The van der Waals surface area contributed by atoms with Gasteiger partial charge in [-0.05, 0) is 54.8 Å². The lowest BCUT2D eigenvalue weighted by molar-refractivity contribution is 0.507. The maximum absolute atomic E-state index is 13.3. The van der Waals surface area contributed by atoms with Crippen LogP contribution in [0.4, 0.5) is 13.9 Å². The summed E-state index contributed by atoms with van der Waals surface area (Å²) in [7, 11) is -3.74. The van der Waals surface area contributed by atoms with E-state index in [0.29, 0.717) is 12.0 Å². The second kappa shape index (κ2) is 7.13. The lowest BCUT2D eigenvalue weighted by Gasteiger charge is -2.07. The Kier molecular flexibility index (Phi) is 5.06. The van der Waals surface area contributed by atoms with E-state index in [1.54, 1.807) is 18.2 Å². The first-order chi connectivity index (χ1) is 12.2. The summed E-state index contributed by atoms with van der Waals surface area (Å²) in [6.07, 6.45) is 1.85. The third-order valence-corrected chi connectivity index (χ3v) is 6.30. The number of nitrogens with one attached hydrogen (secondary N) is 1. The van der Waals surface area contributed by atoms with Gasteiger partial charge in [-0.25, -0.2) is 22.2 Å². The van der Waals surface area contributed by atoms with E-state index in [1.807, 2.05) is 13.8 Å². The highest BCUT2D eigenvalue weighted by Gasteiger charge is 2.17. The fraction of sp³-hybridized carbons (Fsp3) is 0.167. The molecule has 0 aliphatic carbocycles. The first-order valence-corrected chi connectivity index (χ1v) is 10.0. The van der Waals surface area contributed by atoms with Crippen LogP contribution in [0.1, 0.15) is 21.6 Å². The van der Waals surface area contributed by atoms with Crippen LogP contribution in [-0.2, 0) is 16.4 Å². The van der Waals surface area contributed by atoms with Crippen LogP contribution in [0.2, 0.25) is 0 Å². The third-order valence-electron chi connectivity index (χ3n) is 3.93. The van der Waals surface area contributed by atoms with Gasteiger partial charge >= 0.3 is 0 Å². The minimum absolute atomic E-state index is 0.165. The molecule has 0 spiro atoms. The van der Waals surface area contributed by atoms with Gasteiger partial charge in [-0.1, -0.05) is 12.1 Å². The zero-order chi connectivity index (χ0) is 18.9. The number of hydrogen-bond acceptors (Lipinski definition) is 4. The lowest BCUT2D eigenvalue weighted by atomic mass is 10.1. The number of sulfonamides is 1. The van der Waals surface area contributed by atoms with E-state index in [1.165, 1.54) is 12.3 Å². The molecule has 2 aromatic carbocycles. The minimum atomic E-state index is -3.74. The van der Waals surface area contributed by atoms with Gasteiger partial charge in [-0.15, -0.1) is 11.3 Å². The predicted octanol–water partition coefficient (Wildman–Crippen LogP) is 4.43. The molecule has 1 heterocycles. The molecule has 8 heteroatoms. The Morgan fingerprint density at radius 3 is 2.50 bits per heavy atom. The fourth-order valence-corrected chi connectivity index (χ4v) is 4.52. The van der Waals surface area contributed by atoms with Crippen molar-refractivity contribution in [3.8, 4) is 0 Å². The summed E-state index contributed by atoms with van der Waals surface area (Å²) < 4.78 is 53.7. The number of hydrogen-bond donors (Lipinski definition) is 1. The molecule has 136 valence electrons. The molecule has 0 saturated heterocycles. The number of aryl methyl sites for hydroxylation is 2. The van der Waals surface area contributed by atoms with Crippen molar-refractivity contribution in [2.45, 2.75) is 25.2 Å². The van der Waals surface area contributed by atoms with Gasteiger partial charge in [0.2, 0.25) is 0 Å². The standard InChI is InChI=1S/C18H16F2N2O2S2/c1-11-3-5-15(7-12(11)2)26(23,24)22-18-21-10-14(25-18)8-13-4-6-16(19)17(20)9-13/h3-7,9-10H,8H2,1-2H3,(H,21,22). The summed E-state index contributed by atoms with van der Waals surface area (Å²) >= 11 is 1.15. The van der Waals surface area contributed by atoms with Gasteiger partial charge < -0.3 is 0 Å². The predicted molar refractivity (Wildman–Crippen MR) is 98.0 cm³/mol. The maximum atomic E-state index is 13.3. The smallest absolute Gasteiger partial charge is 0.255 e. The molecule has 3 rings (SSSR count). The highest BCUT2D eigenvalue weighted by molar-refractivity contribution is 7.93. The van der Waals surface area contributed by atoms with Gasteiger partial charge in [-0.3, -0.25) is 4.72 Å². The van der Waals surface area contributed by atoms with Gasteiger partial charge in [0, 0.05) is 17.5 Å². The molecule has 0 atom stereocenters. The molecular weight excluding hydrogens is 378 g/mol. The molecule has 1 aromatic heterocycles. The van der Waals surface area contributed by atoms with Crippen molar-refractivity contribution in [2.24, 2.45) is 0 Å². The molecule has 0 radical (unpaired) electrons. The highest BCUT2D eigenvalue weighted by atomic mass is 32.2. The van der Waals surface area contributed by atoms with Crippen molar-refractivity contribution in [3.63, 3.8) is 0 Å². The molecule has 26 heavy (non-hydrogen) atoms. The Bertz CT molecular complexity index is 1060. The first-order valence-electron chi connectivity index (χ1n) is 7.73. The third kappa shape index (κ3) is 4.08. The van der Waals surface area contributed by atoms with Crippen molar-refractivity contribution >= 4 is 26.5 Å². The minimum Gasteiger partial charge on any atom is -0.255 e. The van der Waals surface area contributed by atoms with E-state index < -0.39 is 21.7 Å². The van der Waals surface area contributed by atoms with Gasteiger partial charge in [-0.2, -0.15) is 0 Å². The molecule has 1 N–H and O–H groups in total. The quantitative estimate of drug-likeness (QED) is 0.696. The SMILES string of the molecule is Cc1ccc(S(=O)(=O)Nc2ncc(Cc3ccc(F)c(F)c3)s2)cc1C. The van der Waals surface area contributed by atoms with Crippen LogP contribution >= 0.6 is 11.3 Å². The number of rotatable bonds is 5. The molecule has 0 fully saturated rings. The zero-order valence-electron chi connectivity index (χ0n) is 14.1.